The molecule has 0 N–H and O–H groups in total. The summed E-state index contributed by atoms with van der Waals surface area (Å²) in [6, 6.07) is 0. The van der Waals surface area contributed by atoms with Crippen LogP contribution in [0.4, 0.5) is 0 Å². The van der Waals surface area contributed by atoms with E-state index in [9.17, 15) is 0 Å². The van der Waals surface area contributed by atoms with Crippen molar-refractivity contribution >= 4 is 0 Å². The molecule has 3 saturated carbocycles. The molecule has 0 spiro atoms. The van der Waals surface area contributed by atoms with Crippen molar-refractivity contribution in [2.75, 3.05) is 0 Å². The van der Waals surface area contributed by atoms with Crippen LogP contribution in [-0.4, -0.2) is 0 Å². The average Bonchev–Trinajstić information content (AvgIpc) is 2.80. The van der Waals surface area contributed by atoms with Crippen LogP contribution >= 0.6 is 0 Å². The van der Waals surface area contributed by atoms with Crippen LogP contribution in [0.2, 0.25) is 0 Å². The Morgan fingerprint density at radius 3 is 1.71 bits per heavy atom. The Labute approximate surface area is 222 Å². The summed E-state index contributed by atoms with van der Waals surface area (Å²) in [5.74, 6) is 6.42. The van der Waals surface area contributed by atoms with E-state index in [4.69, 9.17) is 0 Å². The van der Waals surface area contributed by atoms with Crippen LogP contribution in [0.1, 0.15) is 182 Å². The van der Waals surface area contributed by atoms with Gasteiger partial charge in [0.15, 0.2) is 0 Å². The van der Waals surface area contributed by atoms with E-state index in [1.165, 1.54) is 83.5 Å². The van der Waals surface area contributed by atoms with Crippen LogP contribution in [0.3, 0.4) is 0 Å². The summed E-state index contributed by atoms with van der Waals surface area (Å²) in [6.07, 6.45) is 36.3. The summed E-state index contributed by atoms with van der Waals surface area (Å²) in [5, 5.41) is 0. The van der Waals surface area contributed by atoms with Crippen molar-refractivity contribution in [2.45, 2.75) is 182 Å². The summed E-state index contributed by atoms with van der Waals surface area (Å²) in [6.45, 7) is 9.75. The van der Waals surface area contributed by atoms with E-state index in [1.54, 1.807) is 70.6 Å². The average molecular weight is 487 g/mol. The fourth-order valence-corrected chi connectivity index (χ4v) is 8.55. The van der Waals surface area contributed by atoms with Gasteiger partial charge in [0.25, 0.3) is 0 Å². The van der Waals surface area contributed by atoms with Crippen molar-refractivity contribution < 1.29 is 0 Å². The fraction of sp³-hybridized carbons (Fsp3) is 1.00. The van der Waals surface area contributed by atoms with Gasteiger partial charge in [0.05, 0.1) is 0 Å². The highest BCUT2D eigenvalue weighted by Gasteiger charge is 2.41. The Morgan fingerprint density at radius 2 is 1.17 bits per heavy atom. The maximum atomic E-state index is 2.64. The van der Waals surface area contributed by atoms with E-state index < -0.39 is 0 Å². The van der Waals surface area contributed by atoms with Crippen LogP contribution in [0.15, 0.2) is 0 Å². The number of rotatable bonds is 21. The molecule has 0 radical (unpaired) electrons. The Morgan fingerprint density at radius 1 is 0.571 bits per heavy atom. The molecule has 35 heavy (non-hydrogen) atoms. The minimum absolute atomic E-state index is 0.758. The molecule has 0 aromatic rings. The number of hydrogen-bond donors (Lipinski definition) is 0. The van der Waals surface area contributed by atoms with E-state index in [1.807, 2.05) is 0 Å². The normalized spacial score (nSPS) is 29.1. The van der Waals surface area contributed by atoms with Gasteiger partial charge in [-0.1, -0.05) is 130 Å². The third-order valence-corrected chi connectivity index (χ3v) is 11.8. The lowest BCUT2D eigenvalue weighted by molar-refractivity contribution is 0.0318. The van der Waals surface area contributed by atoms with Gasteiger partial charge in [0.2, 0.25) is 0 Å². The molecule has 3 aliphatic carbocycles. The Balaban J connectivity index is 1.27. The lowest BCUT2D eigenvalue weighted by atomic mass is 9.57. The molecular formula is C35H66. The second-order valence-corrected chi connectivity index (χ2v) is 14.0. The Kier molecular flexibility index (Phi) is 13.6. The van der Waals surface area contributed by atoms with Gasteiger partial charge in [-0.25, -0.2) is 0 Å². The van der Waals surface area contributed by atoms with Crippen molar-refractivity contribution in [1.82, 2.24) is 0 Å². The first-order valence-corrected chi connectivity index (χ1v) is 17.1. The van der Waals surface area contributed by atoms with Gasteiger partial charge in [0.1, 0.15) is 0 Å². The first kappa shape index (κ1) is 29.6. The fourth-order valence-electron chi connectivity index (χ4n) is 8.55. The zero-order valence-electron chi connectivity index (χ0n) is 24.9. The molecule has 0 aromatic carbocycles. The molecule has 0 bridgehead atoms. The Hall–Kier alpha value is 0. The summed E-state index contributed by atoms with van der Waals surface area (Å²) >= 11 is 0. The van der Waals surface area contributed by atoms with Crippen molar-refractivity contribution in [3.8, 4) is 0 Å². The minimum Gasteiger partial charge on any atom is -0.0654 e. The standard InChI is InChI=1S/C35H66/c1-5-8-16-30(14-7-3)20-21-34-25-24-32(34)18-11-10-15-29(4)35(27-13-28-35)26-12-19-33-23-22-31(33)17-9-6-2/h29-34H,5-28H2,1-4H3. The second-order valence-electron chi connectivity index (χ2n) is 14.0. The number of unbranched alkanes of at least 4 members (excludes halogenated alkanes) is 3. The van der Waals surface area contributed by atoms with Gasteiger partial charge in [-0.2, -0.15) is 0 Å². The second kappa shape index (κ2) is 16.1. The molecule has 3 aliphatic rings. The highest BCUT2D eigenvalue weighted by atomic mass is 14.5. The minimum atomic E-state index is 0.758. The Bertz CT molecular complexity index is 530. The molecule has 0 nitrogen and oxygen atoms in total. The number of hydrogen-bond acceptors (Lipinski definition) is 0. The molecule has 0 heteroatoms. The molecule has 206 valence electrons. The van der Waals surface area contributed by atoms with Crippen LogP contribution in [0.5, 0.6) is 0 Å². The SMILES string of the molecule is CCCCC(CCC)CCC1CCC1CCCCC(C)C1(CCCC2CCC2CCCC)CCC1. The monoisotopic (exact) mass is 487 g/mol. The van der Waals surface area contributed by atoms with E-state index in [0.717, 1.165) is 40.9 Å². The molecule has 0 amide bonds. The highest BCUT2D eigenvalue weighted by molar-refractivity contribution is 4.92. The maximum Gasteiger partial charge on any atom is -0.0272 e. The van der Waals surface area contributed by atoms with Crippen molar-refractivity contribution in [2.24, 2.45) is 40.9 Å². The van der Waals surface area contributed by atoms with E-state index in [0.29, 0.717) is 0 Å². The molecule has 6 atom stereocenters. The van der Waals surface area contributed by atoms with Crippen LogP contribution in [0.25, 0.3) is 0 Å². The van der Waals surface area contributed by atoms with E-state index >= 15 is 0 Å². The van der Waals surface area contributed by atoms with Gasteiger partial charge in [0, 0.05) is 0 Å². The van der Waals surface area contributed by atoms with Gasteiger partial charge in [-0.05, 0) is 92.3 Å². The lowest BCUT2D eigenvalue weighted by Gasteiger charge is -2.48. The van der Waals surface area contributed by atoms with Crippen LogP contribution in [-0.2, 0) is 0 Å². The van der Waals surface area contributed by atoms with Crippen molar-refractivity contribution in [3.63, 3.8) is 0 Å². The molecule has 0 heterocycles. The summed E-state index contributed by atoms with van der Waals surface area (Å²) in [7, 11) is 0. The topological polar surface area (TPSA) is 0 Å². The van der Waals surface area contributed by atoms with Crippen molar-refractivity contribution in [3.05, 3.63) is 0 Å². The van der Waals surface area contributed by atoms with E-state index in [2.05, 4.69) is 27.7 Å². The molecule has 3 fully saturated rings. The third-order valence-electron chi connectivity index (χ3n) is 11.8. The summed E-state index contributed by atoms with van der Waals surface area (Å²) in [5.41, 5.74) is 0.758. The zero-order valence-corrected chi connectivity index (χ0v) is 24.9. The van der Waals surface area contributed by atoms with Gasteiger partial charge in [-0.15, -0.1) is 0 Å². The summed E-state index contributed by atoms with van der Waals surface area (Å²) < 4.78 is 0. The van der Waals surface area contributed by atoms with Crippen molar-refractivity contribution in [1.29, 1.82) is 0 Å². The van der Waals surface area contributed by atoms with Gasteiger partial charge in [-0.3, -0.25) is 0 Å². The van der Waals surface area contributed by atoms with Crippen LogP contribution in [0, 0.1) is 40.9 Å². The third kappa shape index (κ3) is 9.06. The lowest BCUT2D eigenvalue weighted by Crippen LogP contribution is -2.36. The van der Waals surface area contributed by atoms with Gasteiger partial charge >= 0.3 is 0 Å². The predicted molar refractivity (Wildman–Crippen MR) is 157 cm³/mol. The maximum absolute atomic E-state index is 2.64. The first-order chi connectivity index (χ1) is 17.1. The smallest absolute Gasteiger partial charge is 0.0272 e. The quantitative estimate of drug-likeness (QED) is 0.141. The molecule has 3 rings (SSSR count). The molecule has 0 aliphatic heterocycles. The highest BCUT2D eigenvalue weighted by Crippen LogP contribution is 2.53. The van der Waals surface area contributed by atoms with E-state index in [-0.39, 0.29) is 0 Å². The van der Waals surface area contributed by atoms with Crippen LogP contribution < -0.4 is 0 Å². The molecule has 0 aromatic heterocycles. The molecular weight excluding hydrogens is 420 g/mol. The molecule has 0 saturated heterocycles. The largest absolute Gasteiger partial charge is 0.0654 e. The first-order valence-electron chi connectivity index (χ1n) is 17.1. The van der Waals surface area contributed by atoms with Gasteiger partial charge < -0.3 is 0 Å². The predicted octanol–water partition coefficient (Wildman–Crippen LogP) is 12.2. The molecule has 6 unspecified atom stereocenters. The summed E-state index contributed by atoms with van der Waals surface area (Å²) in [4.78, 5) is 0. The zero-order chi connectivity index (χ0) is 24.9.